The fourth-order valence-electron chi connectivity index (χ4n) is 3.02. The van der Waals surface area contributed by atoms with E-state index < -0.39 is 5.82 Å². The highest BCUT2D eigenvalue weighted by atomic mass is 35.5. The molecule has 29 heavy (non-hydrogen) atoms. The molecule has 0 fully saturated rings. The smallest absolute Gasteiger partial charge is 0.229 e. The van der Waals surface area contributed by atoms with Crippen LogP contribution >= 0.6 is 11.6 Å². The van der Waals surface area contributed by atoms with E-state index in [9.17, 15) is 14.0 Å². The van der Waals surface area contributed by atoms with E-state index >= 15 is 0 Å². The number of nitrogens with one attached hydrogen (secondary N) is 2. The van der Waals surface area contributed by atoms with Crippen molar-refractivity contribution in [2.45, 2.75) is 27.2 Å². The lowest BCUT2D eigenvalue weighted by Gasteiger charge is -2.10. The standard InChI is InChI=1S/C21H20ClFN4O2/c1-12-18(13(2)27(26-12)17-7-4-15(22)5-8-17)11-21(29)25-20-10-16(24-14(3)28)6-9-19(20)23/h4-10H,11H2,1-3H3,(H,24,28)(H,25,29). The molecule has 0 atom stereocenters. The number of nitrogens with zero attached hydrogens (tertiary/aromatic N) is 2. The van der Waals surface area contributed by atoms with Crippen molar-refractivity contribution < 1.29 is 14.0 Å². The van der Waals surface area contributed by atoms with Crippen LogP contribution in [0.4, 0.5) is 15.8 Å². The van der Waals surface area contributed by atoms with Gasteiger partial charge in [0.05, 0.1) is 23.5 Å². The van der Waals surface area contributed by atoms with Crippen LogP contribution in [0, 0.1) is 19.7 Å². The Bertz CT molecular complexity index is 1080. The van der Waals surface area contributed by atoms with E-state index in [2.05, 4.69) is 15.7 Å². The molecule has 0 saturated carbocycles. The van der Waals surface area contributed by atoms with Crippen molar-refractivity contribution >= 4 is 34.8 Å². The van der Waals surface area contributed by atoms with E-state index in [1.165, 1.54) is 25.1 Å². The molecular formula is C21H20ClFN4O2. The number of halogens is 2. The third-order valence-corrected chi connectivity index (χ3v) is 4.66. The van der Waals surface area contributed by atoms with Gasteiger partial charge in [-0.25, -0.2) is 9.07 Å². The van der Waals surface area contributed by atoms with Crippen LogP contribution in [0.1, 0.15) is 23.9 Å². The number of benzene rings is 2. The summed E-state index contributed by atoms with van der Waals surface area (Å²) >= 11 is 5.94. The first-order chi connectivity index (χ1) is 13.7. The van der Waals surface area contributed by atoms with Crippen LogP contribution in [0.3, 0.4) is 0 Å². The molecule has 0 unspecified atom stereocenters. The van der Waals surface area contributed by atoms with Crippen LogP contribution in [0.2, 0.25) is 5.02 Å². The van der Waals surface area contributed by atoms with Crippen molar-refractivity contribution in [1.82, 2.24) is 9.78 Å². The summed E-state index contributed by atoms with van der Waals surface area (Å²) in [5.41, 5.74) is 3.51. The van der Waals surface area contributed by atoms with Gasteiger partial charge in [-0.3, -0.25) is 9.59 Å². The van der Waals surface area contributed by atoms with Crippen molar-refractivity contribution in [2.75, 3.05) is 10.6 Å². The average Bonchev–Trinajstić information content (AvgIpc) is 2.93. The fraction of sp³-hybridized carbons (Fsp3) is 0.190. The van der Waals surface area contributed by atoms with Gasteiger partial charge in [0.15, 0.2) is 0 Å². The minimum Gasteiger partial charge on any atom is -0.326 e. The number of anilines is 2. The summed E-state index contributed by atoms with van der Waals surface area (Å²) in [6.07, 6.45) is 0.0368. The second-order valence-corrected chi connectivity index (χ2v) is 7.07. The van der Waals surface area contributed by atoms with Gasteiger partial charge >= 0.3 is 0 Å². The maximum atomic E-state index is 14.1. The molecule has 0 aliphatic heterocycles. The molecule has 1 heterocycles. The molecule has 0 aliphatic rings. The van der Waals surface area contributed by atoms with Gasteiger partial charge in [-0.05, 0) is 56.3 Å². The van der Waals surface area contributed by atoms with Gasteiger partial charge in [-0.15, -0.1) is 0 Å². The minimum atomic E-state index is -0.585. The number of rotatable bonds is 5. The monoisotopic (exact) mass is 414 g/mol. The molecule has 0 aliphatic carbocycles. The molecule has 3 aromatic rings. The average molecular weight is 415 g/mol. The zero-order valence-electron chi connectivity index (χ0n) is 16.2. The van der Waals surface area contributed by atoms with E-state index in [-0.39, 0.29) is 23.9 Å². The Labute approximate surface area is 172 Å². The molecule has 8 heteroatoms. The molecule has 2 aromatic carbocycles. The molecule has 0 bridgehead atoms. The minimum absolute atomic E-state index is 0.00153. The second kappa shape index (κ2) is 8.45. The normalized spacial score (nSPS) is 10.7. The highest BCUT2D eigenvalue weighted by molar-refractivity contribution is 6.30. The lowest BCUT2D eigenvalue weighted by atomic mass is 10.1. The first-order valence-corrected chi connectivity index (χ1v) is 9.30. The Morgan fingerprint density at radius 1 is 1.10 bits per heavy atom. The van der Waals surface area contributed by atoms with E-state index in [1.807, 2.05) is 26.0 Å². The first kappa shape index (κ1) is 20.5. The second-order valence-electron chi connectivity index (χ2n) is 6.64. The maximum absolute atomic E-state index is 14.1. The maximum Gasteiger partial charge on any atom is 0.229 e. The zero-order chi connectivity index (χ0) is 21.1. The number of hydrogen-bond acceptors (Lipinski definition) is 3. The Morgan fingerprint density at radius 2 is 1.79 bits per heavy atom. The van der Waals surface area contributed by atoms with Crippen molar-refractivity contribution in [3.05, 3.63) is 70.3 Å². The first-order valence-electron chi connectivity index (χ1n) is 8.92. The molecule has 0 radical (unpaired) electrons. The number of carbonyl (C=O) groups excluding carboxylic acids is 2. The molecular weight excluding hydrogens is 395 g/mol. The predicted octanol–water partition coefficient (Wildman–Crippen LogP) is 4.42. The summed E-state index contributed by atoms with van der Waals surface area (Å²) in [5.74, 6) is -1.25. The zero-order valence-corrected chi connectivity index (χ0v) is 17.0. The number of amides is 2. The Hall–Kier alpha value is -3.19. The van der Waals surface area contributed by atoms with Gasteiger partial charge in [0, 0.05) is 28.9 Å². The third-order valence-electron chi connectivity index (χ3n) is 4.41. The molecule has 2 amide bonds. The van der Waals surface area contributed by atoms with Crippen LogP contribution in [0.15, 0.2) is 42.5 Å². The Kier molecular flexibility index (Phi) is 5.98. The quantitative estimate of drug-likeness (QED) is 0.648. The van der Waals surface area contributed by atoms with Gasteiger partial charge in [0.2, 0.25) is 11.8 Å². The van der Waals surface area contributed by atoms with E-state index in [4.69, 9.17) is 11.6 Å². The van der Waals surface area contributed by atoms with Gasteiger partial charge in [0.1, 0.15) is 5.82 Å². The van der Waals surface area contributed by atoms with Crippen LogP contribution in [0.5, 0.6) is 0 Å². The summed E-state index contributed by atoms with van der Waals surface area (Å²) < 4.78 is 15.8. The largest absolute Gasteiger partial charge is 0.326 e. The highest BCUT2D eigenvalue weighted by Gasteiger charge is 2.17. The molecule has 0 spiro atoms. The Balaban J connectivity index is 1.79. The lowest BCUT2D eigenvalue weighted by molar-refractivity contribution is -0.116. The summed E-state index contributed by atoms with van der Waals surface area (Å²) in [6, 6.07) is 11.2. The van der Waals surface area contributed by atoms with Crippen LogP contribution in [0.25, 0.3) is 5.69 Å². The SMILES string of the molecule is CC(=O)Nc1ccc(F)c(NC(=O)Cc2c(C)nn(-c3ccc(Cl)cc3)c2C)c1. The number of hydrogen-bond donors (Lipinski definition) is 2. The lowest BCUT2D eigenvalue weighted by Crippen LogP contribution is -2.17. The van der Waals surface area contributed by atoms with Crippen molar-refractivity contribution in [3.8, 4) is 5.69 Å². The highest BCUT2D eigenvalue weighted by Crippen LogP contribution is 2.22. The van der Waals surface area contributed by atoms with Crippen molar-refractivity contribution in [3.63, 3.8) is 0 Å². The fourth-order valence-corrected chi connectivity index (χ4v) is 3.15. The Morgan fingerprint density at radius 3 is 2.45 bits per heavy atom. The van der Waals surface area contributed by atoms with E-state index in [1.54, 1.807) is 16.8 Å². The van der Waals surface area contributed by atoms with Gasteiger partial charge in [-0.2, -0.15) is 5.10 Å². The van der Waals surface area contributed by atoms with Gasteiger partial charge in [0.25, 0.3) is 0 Å². The molecule has 0 saturated heterocycles. The predicted molar refractivity (Wildman–Crippen MR) is 111 cm³/mol. The van der Waals surface area contributed by atoms with Crippen LogP contribution in [-0.2, 0) is 16.0 Å². The van der Waals surface area contributed by atoms with E-state index in [0.29, 0.717) is 16.4 Å². The number of aryl methyl sites for hydroxylation is 1. The van der Waals surface area contributed by atoms with Gasteiger partial charge in [-0.1, -0.05) is 11.6 Å². The summed E-state index contributed by atoms with van der Waals surface area (Å²) in [6.45, 7) is 5.04. The molecule has 150 valence electrons. The topological polar surface area (TPSA) is 76.0 Å². The number of carbonyl (C=O) groups is 2. The summed E-state index contributed by atoms with van der Waals surface area (Å²) in [4.78, 5) is 23.7. The summed E-state index contributed by atoms with van der Waals surface area (Å²) in [7, 11) is 0. The van der Waals surface area contributed by atoms with Gasteiger partial charge < -0.3 is 10.6 Å². The molecule has 1 aromatic heterocycles. The van der Waals surface area contributed by atoms with Crippen molar-refractivity contribution in [1.29, 1.82) is 0 Å². The van der Waals surface area contributed by atoms with Crippen LogP contribution in [-0.4, -0.2) is 21.6 Å². The van der Waals surface area contributed by atoms with E-state index in [0.717, 1.165) is 16.9 Å². The van der Waals surface area contributed by atoms with Crippen molar-refractivity contribution in [2.24, 2.45) is 0 Å². The molecule has 3 rings (SSSR count). The molecule has 6 nitrogen and oxygen atoms in total. The number of aromatic nitrogens is 2. The third kappa shape index (κ3) is 4.81. The van der Waals surface area contributed by atoms with Crippen LogP contribution < -0.4 is 10.6 Å². The molecule has 2 N–H and O–H groups in total. The summed E-state index contributed by atoms with van der Waals surface area (Å²) in [5, 5.41) is 10.3.